The van der Waals surface area contributed by atoms with Gasteiger partial charge in [-0.1, -0.05) is 26.7 Å². The van der Waals surface area contributed by atoms with Crippen LogP contribution < -0.4 is 0 Å². The largest absolute Gasteiger partial charge is 0.387 e. The van der Waals surface area contributed by atoms with Gasteiger partial charge in [0.1, 0.15) is 0 Å². The molecule has 0 spiro atoms. The van der Waals surface area contributed by atoms with Crippen LogP contribution in [-0.4, -0.2) is 24.4 Å². The smallest absolute Gasteiger partial charge is 0.0902 e. The van der Waals surface area contributed by atoms with Crippen LogP contribution in [0.25, 0.3) is 0 Å². The summed E-state index contributed by atoms with van der Waals surface area (Å²) in [4.78, 5) is 0. The molecule has 1 aliphatic rings. The van der Waals surface area contributed by atoms with Crippen LogP contribution in [0.3, 0.4) is 0 Å². The summed E-state index contributed by atoms with van der Waals surface area (Å²) in [5.74, 6) is 1.17. The number of hydrogen-bond acceptors (Lipinski definition) is 2. The van der Waals surface area contributed by atoms with Crippen molar-refractivity contribution in [3.63, 3.8) is 0 Å². The number of aliphatic hydroxyl groups is 1. The number of ether oxygens (including phenoxy) is 1. The second kappa shape index (κ2) is 4.43. The molecule has 78 valence electrons. The van der Waals surface area contributed by atoms with Gasteiger partial charge in [-0.05, 0) is 24.7 Å². The quantitative estimate of drug-likeness (QED) is 0.689. The summed E-state index contributed by atoms with van der Waals surface area (Å²) in [5, 5.41) is 10.2. The molecule has 1 rings (SSSR count). The van der Waals surface area contributed by atoms with Gasteiger partial charge in [0, 0.05) is 7.11 Å². The zero-order valence-electron chi connectivity index (χ0n) is 9.05. The van der Waals surface area contributed by atoms with Crippen LogP contribution in [0.1, 0.15) is 39.5 Å². The van der Waals surface area contributed by atoms with Crippen LogP contribution in [-0.2, 0) is 4.74 Å². The highest BCUT2D eigenvalue weighted by molar-refractivity contribution is 4.85. The maximum atomic E-state index is 10.2. The summed E-state index contributed by atoms with van der Waals surface area (Å²) in [7, 11) is 1.66. The molecule has 0 aliphatic heterocycles. The fourth-order valence-electron chi connectivity index (χ4n) is 1.64. The maximum Gasteiger partial charge on any atom is 0.0902 e. The first-order chi connectivity index (χ1) is 6.08. The summed E-state index contributed by atoms with van der Waals surface area (Å²) in [5.41, 5.74) is -0.600. The Kier molecular flexibility index (Phi) is 3.74. The lowest BCUT2D eigenvalue weighted by atomic mass is 9.86. The zero-order chi connectivity index (χ0) is 9.90. The van der Waals surface area contributed by atoms with Crippen molar-refractivity contribution in [2.45, 2.75) is 45.1 Å². The predicted molar refractivity (Wildman–Crippen MR) is 53.6 cm³/mol. The maximum absolute atomic E-state index is 10.2. The third kappa shape index (κ3) is 3.28. The van der Waals surface area contributed by atoms with Crippen LogP contribution in [0.4, 0.5) is 0 Å². The fraction of sp³-hybridized carbons (Fsp3) is 1.00. The van der Waals surface area contributed by atoms with Crippen molar-refractivity contribution in [3.8, 4) is 0 Å². The summed E-state index contributed by atoms with van der Waals surface area (Å²) in [6.07, 6.45) is 4.78. The van der Waals surface area contributed by atoms with E-state index in [1.165, 1.54) is 12.8 Å². The highest BCUT2D eigenvalue weighted by Gasteiger charge is 2.33. The van der Waals surface area contributed by atoms with Crippen LogP contribution in [0.2, 0.25) is 0 Å². The Labute approximate surface area is 81.3 Å². The minimum absolute atomic E-state index is 0.284. The van der Waals surface area contributed by atoms with Crippen LogP contribution >= 0.6 is 0 Å². The third-order valence-electron chi connectivity index (χ3n) is 3.15. The van der Waals surface area contributed by atoms with Crippen molar-refractivity contribution in [1.82, 2.24) is 0 Å². The van der Waals surface area contributed by atoms with Crippen molar-refractivity contribution in [2.24, 2.45) is 11.8 Å². The first kappa shape index (κ1) is 11.0. The van der Waals surface area contributed by atoms with Crippen LogP contribution in [0.15, 0.2) is 0 Å². The van der Waals surface area contributed by atoms with E-state index in [1.807, 2.05) is 0 Å². The molecule has 0 bridgehead atoms. The highest BCUT2D eigenvalue weighted by Crippen LogP contribution is 2.36. The number of rotatable bonds is 6. The van der Waals surface area contributed by atoms with Crippen LogP contribution in [0.5, 0.6) is 0 Å². The average Bonchev–Trinajstić information content (AvgIpc) is 2.84. The van der Waals surface area contributed by atoms with Crippen LogP contribution in [0, 0.1) is 11.8 Å². The average molecular weight is 186 g/mol. The second-order valence-corrected chi connectivity index (χ2v) is 4.67. The van der Waals surface area contributed by atoms with Gasteiger partial charge >= 0.3 is 0 Å². The normalized spacial score (nSPS) is 21.9. The van der Waals surface area contributed by atoms with E-state index in [2.05, 4.69) is 13.8 Å². The minimum Gasteiger partial charge on any atom is -0.387 e. The molecule has 0 amide bonds. The molecule has 0 aromatic heterocycles. The predicted octanol–water partition coefficient (Wildman–Crippen LogP) is 2.21. The lowest BCUT2D eigenvalue weighted by Gasteiger charge is -2.31. The molecule has 2 nitrogen and oxygen atoms in total. The van der Waals surface area contributed by atoms with Gasteiger partial charge in [0.05, 0.1) is 12.2 Å². The first-order valence-electron chi connectivity index (χ1n) is 5.30. The summed E-state index contributed by atoms with van der Waals surface area (Å²) >= 11 is 0. The molecule has 0 aromatic carbocycles. The van der Waals surface area contributed by atoms with Crippen molar-refractivity contribution < 1.29 is 9.84 Å². The molecule has 1 saturated carbocycles. The van der Waals surface area contributed by atoms with Crippen molar-refractivity contribution >= 4 is 0 Å². The van der Waals surface area contributed by atoms with E-state index in [9.17, 15) is 5.11 Å². The Morgan fingerprint density at radius 2 is 2.08 bits per heavy atom. The van der Waals surface area contributed by atoms with Crippen molar-refractivity contribution in [2.75, 3.05) is 13.7 Å². The monoisotopic (exact) mass is 186 g/mol. The third-order valence-corrected chi connectivity index (χ3v) is 3.15. The fourth-order valence-corrected chi connectivity index (χ4v) is 1.64. The Hall–Kier alpha value is -0.0800. The molecule has 0 aromatic rings. The van der Waals surface area contributed by atoms with E-state index in [4.69, 9.17) is 4.74 Å². The number of methoxy groups -OCH3 is 1. The van der Waals surface area contributed by atoms with E-state index in [0.717, 1.165) is 18.8 Å². The topological polar surface area (TPSA) is 29.5 Å². The van der Waals surface area contributed by atoms with Gasteiger partial charge in [-0.2, -0.15) is 0 Å². The molecule has 1 aliphatic carbocycles. The molecule has 1 N–H and O–H groups in total. The summed E-state index contributed by atoms with van der Waals surface area (Å²) < 4.78 is 5.07. The van der Waals surface area contributed by atoms with Gasteiger partial charge in [0.25, 0.3) is 0 Å². The number of hydrogen-bond donors (Lipinski definition) is 1. The second-order valence-electron chi connectivity index (χ2n) is 4.67. The Balaban J connectivity index is 2.34. The molecular formula is C11H22O2. The lowest BCUT2D eigenvalue weighted by Crippen LogP contribution is -2.39. The Morgan fingerprint density at radius 3 is 2.46 bits per heavy atom. The molecule has 1 fully saturated rings. The molecule has 0 radical (unpaired) electrons. The standard InChI is InChI=1S/C11H22O2/c1-9(2)11(12,8-13-3)7-6-10-4-5-10/h9-10,12H,4-8H2,1-3H3. The minimum atomic E-state index is -0.600. The van der Waals surface area contributed by atoms with E-state index in [-0.39, 0.29) is 5.92 Å². The van der Waals surface area contributed by atoms with E-state index >= 15 is 0 Å². The molecule has 2 heteroatoms. The zero-order valence-corrected chi connectivity index (χ0v) is 9.05. The van der Waals surface area contributed by atoms with Gasteiger partial charge in [-0.25, -0.2) is 0 Å². The molecule has 1 atom stereocenters. The van der Waals surface area contributed by atoms with Gasteiger partial charge < -0.3 is 9.84 Å². The SMILES string of the molecule is COCC(O)(CCC1CC1)C(C)C. The van der Waals surface area contributed by atoms with Crippen molar-refractivity contribution in [1.29, 1.82) is 0 Å². The molecule has 13 heavy (non-hydrogen) atoms. The molecular weight excluding hydrogens is 164 g/mol. The molecule has 0 saturated heterocycles. The van der Waals surface area contributed by atoms with Gasteiger partial charge in [-0.15, -0.1) is 0 Å². The summed E-state index contributed by atoms with van der Waals surface area (Å²) in [6.45, 7) is 4.59. The molecule has 1 unspecified atom stereocenters. The van der Waals surface area contributed by atoms with Gasteiger partial charge in [-0.3, -0.25) is 0 Å². The Morgan fingerprint density at radius 1 is 1.46 bits per heavy atom. The molecule has 0 heterocycles. The van der Waals surface area contributed by atoms with E-state index < -0.39 is 5.60 Å². The van der Waals surface area contributed by atoms with Gasteiger partial charge in [0.15, 0.2) is 0 Å². The lowest BCUT2D eigenvalue weighted by molar-refractivity contribution is -0.0718. The highest BCUT2D eigenvalue weighted by atomic mass is 16.5. The van der Waals surface area contributed by atoms with Gasteiger partial charge in [0.2, 0.25) is 0 Å². The first-order valence-corrected chi connectivity index (χ1v) is 5.30. The van der Waals surface area contributed by atoms with E-state index in [1.54, 1.807) is 7.11 Å². The summed E-state index contributed by atoms with van der Waals surface area (Å²) in [6, 6.07) is 0. The van der Waals surface area contributed by atoms with Crippen molar-refractivity contribution in [3.05, 3.63) is 0 Å². The van der Waals surface area contributed by atoms with E-state index in [0.29, 0.717) is 6.61 Å². The Bertz CT molecular complexity index is 152.